The number of aliphatic hydroxyl groups is 1. The van der Waals surface area contributed by atoms with Crippen molar-refractivity contribution in [1.82, 2.24) is 9.78 Å². The lowest BCUT2D eigenvalue weighted by atomic mass is 10.2. The van der Waals surface area contributed by atoms with Crippen molar-refractivity contribution in [2.24, 2.45) is 5.92 Å². The molecule has 1 fully saturated rings. The molecule has 0 saturated heterocycles. The van der Waals surface area contributed by atoms with Crippen LogP contribution in [0.2, 0.25) is 0 Å². The maximum atomic E-state index is 11.9. The SMILES string of the molecule is O=C(Nc1ccc(NC(=O)C2CC2)cc1)Nc1cnn(CCO)c1. The number of anilines is 3. The first kappa shape index (κ1) is 16.0. The molecule has 1 aromatic heterocycles. The van der Waals surface area contributed by atoms with Gasteiger partial charge < -0.3 is 21.1 Å². The molecule has 0 atom stereocenters. The fourth-order valence-electron chi connectivity index (χ4n) is 2.17. The normalized spacial score (nSPS) is 13.4. The van der Waals surface area contributed by atoms with Gasteiger partial charge in [0.1, 0.15) is 0 Å². The number of rotatable bonds is 6. The lowest BCUT2D eigenvalue weighted by Gasteiger charge is -2.08. The van der Waals surface area contributed by atoms with Crippen LogP contribution in [0.25, 0.3) is 0 Å². The minimum Gasteiger partial charge on any atom is -0.394 e. The third-order valence-corrected chi connectivity index (χ3v) is 3.58. The predicted octanol–water partition coefficient (Wildman–Crippen LogP) is 1.87. The lowest BCUT2D eigenvalue weighted by molar-refractivity contribution is -0.117. The van der Waals surface area contributed by atoms with Crippen molar-refractivity contribution >= 4 is 29.0 Å². The summed E-state index contributed by atoms with van der Waals surface area (Å²) in [5, 5.41) is 21.0. The maximum Gasteiger partial charge on any atom is 0.323 e. The number of aliphatic hydroxyl groups excluding tert-OH is 1. The van der Waals surface area contributed by atoms with Gasteiger partial charge in [0.05, 0.1) is 25.0 Å². The molecule has 1 aliphatic rings. The molecule has 1 heterocycles. The average molecular weight is 329 g/mol. The van der Waals surface area contributed by atoms with E-state index in [1.807, 2.05) is 0 Å². The summed E-state index contributed by atoms with van der Waals surface area (Å²) < 4.78 is 1.53. The van der Waals surface area contributed by atoms with Gasteiger partial charge in [0.25, 0.3) is 0 Å². The van der Waals surface area contributed by atoms with Gasteiger partial charge >= 0.3 is 6.03 Å². The summed E-state index contributed by atoms with van der Waals surface area (Å²) in [6.07, 6.45) is 5.05. The fraction of sp³-hybridized carbons (Fsp3) is 0.312. The molecule has 1 saturated carbocycles. The number of urea groups is 1. The standard InChI is InChI=1S/C16H19N5O3/c22-8-7-21-10-14(9-17-21)20-16(24)19-13-5-3-12(4-6-13)18-15(23)11-1-2-11/h3-6,9-11,22H,1-2,7-8H2,(H,18,23)(H2,19,20,24). The van der Waals surface area contributed by atoms with Crippen molar-refractivity contribution in [3.05, 3.63) is 36.7 Å². The van der Waals surface area contributed by atoms with Crippen molar-refractivity contribution < 1.29 is 14.7 Å². The van der Waals surface area contributed by atoms with Gasteiger partial charge in [-0.2, -0.15) is 5.10 Å². The second-order valence-electron chi connectivity index (χ2n) is 5.64. The molecule has 3 amide bonds. The molecular weight excluding hydrogens is 310 g/mol. The molecule has 2 aromatic rings. The van der Waals surface area contributed by atoms with E-state index < -0.39 is 6.03 Å². The van der Waals surface area contributed by atoms with E-state index in [9.17, 15) is 9.59 Å². The summed E-state index contributed by atoms with van der Waals surface area (Å²) in [7, 11) is 0. The first-order valence-corrected chi connectivity index (χ1v) is 7.76. The van der Waals surface area contributed by atoms with Gasteiger partial charge in [-0.3, -0.25) is 9.48 Å². The number of hydrogen-bond donors (Lipinski definition) is 4. The summed E-state index contributed by atoms with van der Waals surface area (Å²) in [5.41, 5.74) is 1.86. The minimum absolute atomic E-state index is 0.0169. The van der Waals surface area contributed by atoms with Crippen molar-refractivity contribution in [2.75, 3.05) is 22.6 Å². The number of carbonyl (C=O) groups is 2. The lowest BCUT2D eigenvalue weighted by Crippen LogP contribution is -2.19. The number of benzene rings is 1. The number of nitrogens with zero attached hydrogens (tertiary/aromatic N) is 2. The second-order valence-corrected chi connectivity index (χ2v) is 5.64. The van der Waals surface area contributed by atoms with E-state index in [0.29, 0.717) is 23.6 Å². The molecule has 0 bridgehead atoms. The van der Waals surface area contributed by atoms with Crippen molar-refractivity contribution in [1.29, 1.82) is 0 Å². The highest BCUT2D eigenvalue weighted by atomic mass is 16.3. The number of hydrogen-bond acceptors (Lipinski definition) is 4. The quantitative estimate of drug-likeness (QED) is 0.649. The summed E-state index contributed by atoms with van der Waals surface area (Å²) in [6.45, 7) is 0.355. The highest BCUT2D eigenvalue weighted by molar-refractivity contribution is 6.00. The molecule has 0 radical (unpaired) electrons. The molecule has 3 rings (SSSR count). The zero-order chi connectivity index (χ0) is 16.9. The van der Waals surface area contributed by atoms with Gasteiger partial charge in [0, 0.05) is 23.5 Å². The minimum atomic E-state index is -0.395. The number of aromatic nitrogens is 2. The predicted molar refractivity (Wildman–Crippen MR) is 89.7 cm³/mol. The van der Waals surface area contributed by atoms with E-state index in [1.54, 1.807) is 30.5 Å². The molecular formula is C16H19N5O3. The van der Waals surface area contributed by atoms with Crippen molar-refractivity contribution in [3.63, 3.8) is 0 Å². The summed E-state index contributed by atoms with van der Waals surface area (Å²) in [4.78, 5) is 23.6. The van der Waals surface area contributed by atoms with Crippen molar-refractivity contribution in [2.45, 2.75) is 19.4 Å². The number of amides is 3. The van der Waals surface area contributed by atoms with Crippen LogP contribution >= 0.6 is 0 Å². The second kappa shape index (κ2) is 7.14. The van der Waals surface area contributed by atoms with Crippen LogP contribution < -0.4 is 16.0 Å². The van der Waals surface area contributed by atoms with Gasteiger partial charge in [-0.25, -0.2) is 4.79 Å². The van der Waals surface area contributed by atoms with E-state index in [2.05, 4.69) is 21.0 Å². The molecule has 24 heavy (non-hydrogen) atoms. The van der Waals surface area contributed by atoms with Crippen LogP contribution in [0.4, 0.5) is 21.9 Å². The zero-order valence-electron chi connectivity index (χ0n) is 13.0. The molecule has 1 aliphatic carbocycles. The van der Waals surface area contributed by atoms with Crippen LogP contribution in [0, 0.1) is 5.92 Å². The smallest absolute Gasteiger partial charge is 0.323 e. The molecule has 0 spiro atoms. The Morgan fingerprint density at radius 1 is 1.08 bits per heavy atom. The van der Waals surface area contributed by atoms with Crippen molar-refractivity contribution in [3.8, 4) is 0 Å². The Bertz CT molecular complexity index is 722. The third-order valence-electron chi connectivity index (χ3n) is 3.58. The van der Waals surface area contributed by atoms with E-state index in [-0.39, 0.29) is 18.4 Å². The van der Waals surface area contributed by atoms with Crippen LogP contribution in [0.5, 0.6) is 0 Å². The Morgan fingerprint density at radius 3 is 2.33 bits per heavy atom. The van der Waals surface area contributed by atoms with Crippen LogP contribution in [-0.4, -0.2) is 33.4 Å². The third kappa shape index (κ3) is 4.32. The Balaban J connectivity index is 1.50. The van der Waals surface area contributed by atoms with Crippen LogP contribution in [-0.2, 0) is 11.3 Å². The van der Waals surface area contributed by atoms with E-state index in [0.717, 1.165) is 12.8 Å². The van der Waals surface area contributed by atoms with Gasteiger partial charge in [-0.15, -0.1) is 0 Å². The Hall–Kier alpha value is -2.87. The van der Waals surface area contributed by atoms with E-state index >= 15 is 0 Å². The van der Waals surface area contributed by atoms with Crippen LogP contribution in [0.3, 0.4) is 0 Å². The molecule has 0 unspecified atom stereocenters. The van der Waals surface area contributed by atoms with Gasteiger partial charge in [0.15, 0.2) is 0 Å². The summed E-state index contributed by atoms with van der Waals surface area (Å²) in [5.74, 6) is 0.202. The summed E-state index contributed by atoms with van der Waals surface area (Å²) in [6, 6.07) is 6.53. The molecule has 126 valence electrons. The zero-order valence-corrected chi connectivity index (χ0v) is 13.0. The van der Waals surface area contributed by atoms with Crippen LogP contribution in [0.15, 0.2) is 36.7 Å². The Kier molecular flexibility index (Phi) is 4.76. The first-order chi connectivity index (χ1) is 11.6. The number of carbonyl (C=O) groups excluding carboxylic acids is 2. The van der Waals surface area contributed by atoms with Gasteiger partial charge in [0.2, 0.25) is 5.91 Å². The topological polar surface area (TPSA) is 108 Å². The molecule has 4 N–H and O–H groups in total. The first-order valence-electron chi connectivity index (χ1n) is 7.76. The highest BCUT2D eigenvalue weighted by Gasteiger charge is 2.29. The molecule has 1 aromatic carbocycles. The van der Waals surface area contributed by atoms with Gasteiger partial charge in [-0.05, 0) is 37.1 Å². The van der Waals surface area contributed by atoms with Gasteiger partial charge in [-0.1, -0.05) is 0 Å². The Morgan fingerprint density at radius 2 is 1.71 bits per heavy atom. The largest absolute Gasteiger partial charge is 0.394 e. The molecule has 0 aliphatic heterocycles. The monoisotopic (exact) mass is 329 g/mol. The fourth-order valence-corrected chi connectivity index (χ4v) is 2.17. The molecule has 8 heteroatoms. The highest BCUT2D eigenvalue weighted by Crippen LogP contribution is 2.30. The van der Waals surface area contributed by atoms with Crippen LogP contribution in [0.1, 0.15) is 12.8 Å². The van der Waals surface area contributed by atoms with E-state index in [1.165, 1.54) is 10.9 Å². The Labute approximate surface area is 138 Å². The maximum absolute atomic E-state index is 11.9. The van der Waals surface area contributed by atoms with E-state index in [4.69, 9.17) is 5.11 Å². The molecule has 8 nitrogen and oxygen atoms in total. The average Bonchev–Trinajstić information content (AvgIpc) is 3.32. The number of nitrogens with one attached hydrogen (secondary N) is 3. The summed E-state index contributed by atoms with van der Waals surface area (Å²) >= 11 is 0.